The second-order valence-electron chi connectivity index (χ2n) is 6.83. The summed E-state index contributed by atoms with van der Waals surface area (Å²) in [6.45, 7) is 15.2. The molecule has 0 aliphatic rings. The fourth-order valence-electron chi connectivity index (χ4n) is 2.44. The molecule has 0 amide bonds. The number of aldehydes is 2. The highest BCUT2D eigenvalue weighted by Crippen LogP contribution is 2.28. The molecule has 0 aliphatic carbocycles. The van der Waals surface area contributed by atoms with Crippen LogP contribution in [0.1, 0.15) is 68.0 Å². The Bertz CT molecular complexity index is 1010. The van der Waals surface area contributed by atoms with Crippen LogP contribution in [0.25, 0.3) is 22.3 Å². The van der Waals surface area contributed by atoms with Gasteiger partial charge in [-0.05, 0) is 74.4 Å². The summed E-state index contributed by atoms with van der Waals surface area (Å²) in [5.74, 6) is 0.0744. The Morgan fingerprint density at radius 2 is 1.28 bits per heavy atom. The SMILES string of the molecule is C/C=C\C.C=CCCN.CC.CC(=O)c1ccc(-c2ccc(-c3csc(C=O)c3)cc2)cc1.CC=O. The van der Waals surface area contributed by atoms with E-state index >= 15 is 0 Å². The molecule has 3 aromatic rings. The Labute approximate surface area is 221 Å². The lowest BCUT2D eigenvalue weighted by atomic mass is 10.00. The van der Waals surface area contributed by atoms with E-state index in [0.29, 0.717) is 0 Å². The van der Waals surface area contributed by atoms with Crippen LogP contribution in [0.4, 0.5) is 0 Å². The monoisotopic (exact) mass is 507 g/mol. The standard InChI is InChI=1S/C19H14O2S.C4H9N.C4H8.C2H4O.C2H6/c1-13(21)14-2-4-15(5-3-14)16-6-8-17(9-7-16)18-10-19(11-20)22-12-18;1-2-3-4-5;1-3-4-2;1-2-3;1-2/h2-12H,1H3;2H,1,3-5H2;3-4H,1-2H3;2H,1H3;1-2H3/b;;4-3-;;. The lowest BCUT2D eigenvalue weighted by molar-refractivity contribution is -0.106. The lowest BCUT2D eigenvalue weighted by Crippen LogP contribution is -1.94. The normalized spacial score (nSPS) is 8.97. The molecule has 0 radical (unpaired) electrons. The van der Waals surface area contributed by atoms with Gasteiger partial charge < -0.3 is 10.5 Å². The highest BCUT2D eigenvalue weighted by molar-refractivity contribution is 7.12. The maximum atomic E-state index is 11.3. The average molecular weight is 508 g/mol. The maximum absolute atomic E-state index is 11.3. The summed E-state index contributed by atoms with van der Waals surface area (Å²) in [5, 5.41) is 1.99. The quantitative estimate of drug-likeness (QED) is 0.206. The van der Waals surface area contributed by atoms with Gasteiger partial charge in [0.15, 0.2) is 12.1 Å². The van der Waals surface area contributed by atoms with Gasteiger partial charge in [-0.25, -0.2) is 0 Å². The number of thiophene rings is 1. The summed E-state index contributed by atoms with van der Waals surface area (Å²) in [4.78, 5) is 31.6. The first-order chi connectivity index (χ1) is 17.4. The molecule has 5 heteroatoms. The summed E-state index contributed by atoms with van der Waals surface area (Å²) in [6, 6.07) is 17.7. The van der Waals surface area contributed by atoms with E-state index in [0.717, 1.165) is 58.2 Å². The molecule has 0 saturated heterocycles. The fourth-order valence-corrected chi connectivity index (χ4v) is 3.15. The molecule has 2 aromatic carbocycles. The number of rotatable bonds is 6. The molecule has 194 valence electrons. The number of carbonyl (C=O) groups excluding carboxylic acids is 3. The number of benzene rings is 2. The molecule has 36 heavy (non-hydrogen) atoms. The Hall–Kier alpha value is -3.41. The molecule has 3 rings (SSSR count). The van der Waals surface area contributed by atoms with Gasteiger partial charge in [0, 0.05) is 5.56 Å². The topological polar surface area (TPSA) is 77.2 Å². The minimum Gasteiger partial charge on any atom is -0.330 e. The first-order valence-electron chi connectivity index (χ1n) is 12.0. The number of nitrogens with two attached hydrogens (primary N) is 1. The Kier molecular flexibility index (Phi) is 22.5. The van der Waals surface area contributed by atoms with Gasteiger partial charge in [-0.1, -0.05) is 80.6 Å². The van der Waals surface area contributed by atoms with Gasteiger partial charge in [-0.2, -0.15) is 0 Å². The van der Waals surface area contributed by atoms with Crippen molar-refractivity contribution in [2.24, 2.45) is 5.73 Å². The molecular formula is C31H41NO3S. The van der Waals surface area contributed by atoms with Crippen LogP contribution in [0.5, 0.6) is 0 Å². The molecule has 0 aliphatic heterocycles. The smallest absolute Gasteiger partial charge is 0.160 e. The molecule has 1 aromatic heterocycles. The van der Waals surface area contributed by atoms with Crippen LogP contribution in [0.3, 0.4) is 0 Å². The lowest BCUT2D eigenvalue weighted by Gasteiger charge is -2.04. The summed E-state index contributed by atoms with van der Waals surface area (Å²) < 4.78 is 0. The number of Topliss-reactive ketones (excluding diaryl/α,β-unsaturated/α-hetero) is 1. The van der Waals surface area contributed by atoms with Gasteiger partial charge in [0.25, 0.3) is 0 Å². The Morgan fingerprint density at radius 1 is 0.861 bits per heavy atom. The predicted molar refractivity (Wildman–Crippen MR) is 158 cm³/mol. The second-order valence-corrected chi connectivity index (χ2v) is 7.78. The van der Waals surface area contributed by atoms with Gasteiger partial charge in [0.1, 0.15) is 6.29 Å². The summed E-state index contributed by atoms with van der Waals surface area (Å²) in [6.07, 6.45) is 8.36. The summed E-state index contributed by atoms with van der Waals surface area (Å²) >= 11 is 1.45. The zero-order valence-electron chi connectivity index (χ0n) is 22.5. The van der Waals surface area contributed by atoms with Crippen LogP contribution in [0, 0.1) is 0 Å². The Balaban J connectivity index is 0. The van der Waals surface area contributed by atoms with Gasteiger partial charge in [0.05, 0.1) is 4.88 Å². The van der Waals surface area contributed by atoms with Crippen molar-refractivity contribution in [1.29, 1.82) is 0 Å². The van der Waals surface area contributed by atoms with E-state index in [-0.39, 0.29) is 5.78 Å². The third-order valence-electron chi connectivity index (χ3n) is 4.28. The van der Waals surface area contributed by atoms with Crippen molar-refractivity contribution < 1.29 is 14.4 Å². The average Bonchev–Trinajstić information content (AvgIpc) is 3.41. The van der Waals surface area contributed by atoms with E-state index in [2.05, 4.69) is 18.7 Å². The molecule has 2 N–H and O–H groups in total. The van der Waals surface area contributed by atoms with Gasteiger partial charge in [-0.15, -0.1) is 17.9 Å². The highest BCUT2D eigenvalue weighted by Gasteiger charge is 2.04. The van der Waals surface area contributed by atoms with E-state index in [1.807, 2.05) is 87.7 Å². The Morgan fingerprint density at radius 3 is 1.56 bits per heavy atom. The third-order valence-corrected chi connectivity index (χ3v) is 5.14. The number of allylic oxidation sites excluding steroid dienone is 2. The van der Waals surface area contributed by atoms with Crippen molar-refractivity contribution in [1.82, 2.24) is 0 Å². The molecule has 0 unspecified atom stereocenters. The first-order valence-corrected chi connectivity index (χ1v) is 12.8. The summed E-state index contributed by atoms with van der Waals surface area (Å²) in [5.41, 5.74) is 10.1. The van der Waals surface area contributed by atoms with E-state index < -0.39 is 0 Å². The van der Waals surface area contributed by atoms with E-state index in [1.165, 1.54) is 18.3 Å². The molecule has 0 saturated carbocycles. The van der Waals surface area contributed by atoms with Crippen LogP contribution in [-0.4, -0.2) is 24.9 Å². The van der Waals surface area contributed by atoms with Crippen molar-refractivity contribution in [2.75, 3.05) is 6.54 Å². The number of hydrogen-bond donors (Lipinski definition) is 1. The molecule has 0 atom stereocenters. The summed E-state index contributed by atoms with van der Waals surface area (Å²) in [7, 11) is 0. The van der Waals surface area contributed by atoms with Crippen LogP contribution in [-0.2, 0) is 4.79 Å². The molecule has 1 heterocycles. The molecule has 0 bridgehead atoms. The predicted octanol–water partition coefficient (Wildman–Crippen LogP) is 8.43. The second kappa shape index (κ2) is 23.3. The van der Waals surface area contributed by atoms with E-state index in [9.17, 15) is 9.59 Å². The van der Waals surface area contributed by atoms with Crippen LogP contribution in [0.2, 0.25) is 0 Å². The van der Waals surface area contributed by atoms with Crippen LogP contribution >= 0.6 is 11.3 Å². The minimum atomic E-state index is 0.0744. The number of ketones is 1. The minimum absolute atomic E-state index is 0.0744. The maximum Gasteiger partial charge on any atom is 0.160 e. The van der Waals surface area contributed by atoms with Gasteiger partial charge in [-0.3, -0.25) is 9.59 Å². The van der Waals surface area contributed by atoms with Crippen molar-refractivity contribution in [2.45, 2.75) is 48.0 Å². The van der Waals surface area contributed by atoms with Crippen molar-refractivity contribution in [3.8, 4) is 22.3 Å². The van der Waals surface area contributed by atoms with Crippen molar-refractivity contribution >= 4 is 29.7 Å². The van der Waals surface area contributed by atoms with Crippen LogP contribution < -0.4 is 5.73 Å². The van der Waals surface area contributed by atoms with Gasteiger partial charge in [0.2, 0.25) is 0 Å². The third kappa shape index (κ3) is 14.8. The fraction of sp³-hybridized carbons (Fsp3) is 0.258. The van der Waals surface area contributed by atoms with Crippen molar-refractivity contribution in [3.63, 3.8) is 0 Å². The first kappa shape index (κ1) is 34.8. The number of carbonyl (C=O) groups is 3. The highest BCUT2D eigenvalue weighted by atomic mass is 32.1. The van der Waals surface area contributed by atoms with Crippen LogP contribution in [0.15, 0.2) is 84.8 Å². The molecule has 0 spiro atoms. The molecule has 0 fully saturated rings. The van der Waals surface area contributed by atoms with Crippen molar-refractivity contribution in [3.05, 3.63) is 95.2 Å². The number of hydrogen-bond acceptors (Lipinski definition) is 5. The zero-order valence-corrected chi connectivity index (χ0v) is 23.3. The van der Waals surface area contributed by atoms with E-state index in [4.69, 9.17) is 10.5 Å². The molecular weight excluding hydrogens is 466 g/mol. The molecule has 4 nitrogen and oxygen atoms in total. The zero-order chi connectivity index (χ0) is 27.8. The van der Waals surface area contributed by atoms with Gasteiger partial charge >= 0.3 is 0 Å². The largest absolute Gasteiger partial charge is 0.330 e. The van der Waals surface area contributed by atoms with E-state index in [1.54, 1.807) is 13.0 Å².